The van der Waals surface area contributed by atoms with E-state index in [9.17, 15) is 26.8 Å². The lowest BCUT2D eigenvalue weighted by Gasteiger charge is -2.39. The van der Waals surface area contributed by atoms with Crippen molar-refractivity contribution in [3.63, 3.8) is 0 Å². The Kier molecular flexibility index (Phi) is 8.50. The zero-order valence-electron chi connectivity index (χ0n) is 26.1. The molecule has 5 rings (SSSR count). The Morgan fingerprint density at radius 2 is 1.81 bits per heavy atom. The first kappa shape index (κ1) is 33.4. The monoisotopic (exact) mass is 676 g/mol. The number of nitrogens with zero attached hydrogens (tertiary/aromatic N) is 6. The summed E-state index contributed by atoms with van der Waals surface area (Å²) in [6.07, 6.45) is -0.162. The molecule has 0 spiro atoms. The standard InChI is InChI=1S/C29H31F3N8O6S/c1-15-22(32)24(45-6)36-25(34-15)40-13-21-29(14-40,38-26(39(5)47(21,43)44)37-27(42)46-28(2,3)4)18-11-17(8-9-19(18)31)35-23(41)20-10-7-16(30)12-33-20/h7-12,21H,13-14H2,1-6H3,(H,35,41)(H,37,38,42). The molecule has 14 nitrogen and oxygen atoms in total. The van der Waals surface area contributed by atoms with Gasteiger partial charge in [0.2, 0.25) is 27.7 Å². The van der Waals surface area contributed by atoms with Gasteiger partial charge in [0.1, 0.15) is 33.7 Å². The lowest BCUT2D eigenvalue weighted by Crippen LogP contribution is -2.59. The molecule has 1 fully saturated rings. The van der Waals surface area contributed by atoms with Gasteiger partial charge in [-0.05, 0) is 58.0 Å². The summed E-state index contributed by atoms with van der Waals surface area (Å²) in [6.45, 7) is 5.49. The Bertz CT molecular complexity index is 1890. The van der Waals surface area contributed by atoms with E-state index in [-0.39, 0.29) is 41.7 Å². The number of hydrogen-bond acceptors (Lipinski definition) is 11. The molecule has 0 aliphatic carbocycles. The van der Waals surface area contributed by atoms with E-state index in [2.05, 4.69) is 30.6 Å². The molecule has 0 saturated carbocycles. The SMILES string of the molecule is COc1nc(N2CC3C(c4cc(NC(=O)c5ccc(F)cn5)ccc4F)(C2)N=C(NC(=O)OC(C)(C)C)N(C)S3(=O)=O)nc(C)c1F. The molecule has 250 valence electrons. The van der Waals surface area contributed by atoms with Gasteiger partial charge in [0, 0.05) is 24.8 Å². The van der Waals surface area contributed by atoms with E-state index in [1.165, 1.54) is 38.1 Å². The third-order valence-corrected chi connectivity index (χ3v) is 9.60. The highest BCUT2D eigenvalue weighted by Gasteiger charge is 2.60. The highest BCUT2D eigenvalue weighted by molar-refractivity contribution is 7.90. The molecule has 0 radical (unpaired) electrons. The number of fused-ring (bicyclic) bond motifs is 1. The molecule has 2 N–H and O–H groups in total. The Balaban J connectivity index is 1.65. The van der Waals surface area contributed by atoms with Crippen molar-refractivity contribution >= 4 is 39.6 Å². The number of pyridine rings is 1. The van der Waals surface area contributed by atoms with E-state index in [0.29, 0.717) is 0 Å². The minimum Gasteiger partial charge on any atom is -0.479 e. The zero-order chi connectivity index (χ0) is 34.5. The number of sulfonamides is 1. The fourth-order valence-electron chi connectivity index (χ4n) is 5.24. The van der Waals surface area contributed by atoms with Gasteiger partial charge >= 0.3 is 6.09 Å². The van der Waals surface area contributed by atoms with E-state index >= 15 is 4.39 Å². The Labute approximate surface area is 268 Å². The van der Waals surface area contributed by atoms with E-state index in [0.717, 1.165) is 28.7 Å². The van der Waals surface area contributed by atoms with Crippen LogP contribution in [0.4, 0.5) is 29.6 Å². The molecule has 1 aromatic carbocycles. The number of halogens is 3. The van der Waals surface area contributed by atoms with Crippen molar-refractivity contribution in [1.29, 1.82) is 0 Å². The van der Waals surface area contributed by atoms with E-state index in [4.69, 9.17) is 9.47 Å². The van der Waals surface area contributed by atoms with Crippen molar-refractivity contribution in [3.8, 4) is 5.88 Å². The van der Waals surface area contributed by atoms with Crippen LogP contribution in [0.1, 0.15) is 42.5 Å². The summed E-state index contributed by atoms with van der Waals surface area (Å²) < 4.78 is 83.2. The number of aliphatic imine (C=N–C) groups is 1. The first-order valence-corrected chi connectivity index (χ1v) is 15.6. The van der Waals surface area contributed by atoms with Crippen LogP contribution in [-0.2, 0) is 20.3 Å². The van der Waals surface area contributed by atoms with Crippen LogP contribution < -0.4 is 20.3 Å². The topological polar surface area (TPSA) is 168 Å². The minimum atomic E-state index is -4.43. The lowest BCUT2D eigenvalue weighted by atomic mass is 9.88. The van der Waals surface area contributed by atoms with Crippen molar-refractivity contribution in [1.82, 2.24) is 24.6 Å². The molecule has 2 amide bonds. The van der Waals surface area contributed by atoms with E-state index in [1.807, 2.05) is 0 Å². The number of carbonyl (C=O) groups excluding carboxylic acids is 2. The van der Waals surface area contributed by atoms with Crippen LogP contribution in [0.25, 0.3) is 0 Å². The smallest absolute Gasteiger partial charge is 0.414 e. The summed E-state index contributed by atoms with van der Waals surface area (Å²) in [5, 5.41) is 3.40. The quantitative estimate of drug-likeness (QED) is 0.410. The molecule has 2 aliphatic heterocycles. The maximum Gasteiger partial charge on any atom is 0.414 e. The van der Waals surface area contributed by atoms with Gasteiger partial charge in [0.15, 0.2) is 0 Å². The Morgan fingerprint density at radius 1 is 1.09 bits per heavy atom. The van der Waals surface area contributed by atoms with Crippen LogP contribution in [0, 0.1) is 24.4 Å². The minimum absolute atomic E-state index is 0.0350. The van der Waals surface area contributed by atoms with Crippen molar-refractivity contribution in [2.45, 2.75) is 44.1 Å². The average Bonchev–Trinajstić information content (AvgIpc) is 3.39. The molecule has 1 saturated heterocycles. The highest BCUT2D eigenvalue weighted by atomic mass is 32.2. The van der Waals surface area contributed by atoms with Gasteiger partial charge in [-0.15, -0.1) is 0 Å². The first-order valence-electron chi connectivity index (χ1n) is 14.1. The van der Waals surface area contributed by atoms with Crippen LogP contribution in [0.2, 0.25) is 0 Å². The second kappa shape index (κ2) is 12.0. The number of aromatic nitrogens is 3. The van der Waals surface area contributed by atoms with Gasteiger partial charge in [-0.25, -0.2) is 41.3 Å². The van der Waals surface area contributed by atoms with E-state index < -0.39 is 67.7 Å². The summed E-state index contributed by atoms with van der Waals surface area (Å²) in [5.74, 6) is -4.08. The molecule has 18 heteroatoms. The van der Waals surface area contributed by atoms with Gasteiger partial charge in [0.05, 0.1) is 25.5 Å². The van der Waals surface area contributed by atoms with Gasteiger partial charge in [-0.3, -0.25) is 10.1 Å². The number of anilines is 2. The number of alkyl carbamates (subject to hydrolysis) is 1. The van der Waals surface area contributed by atoms with Gasteiger partial charge in [-0.1, -0.05) is 0 Å². The third kappa shape index (κ3) is 6.36. The number of benzene rings is 1. The molecule has 47 heavy (non-hydrogen) atoms. The summed E-state index contributed by atoms with van der Waals surface area (Å²) in [6, 6.07) is 5.66. The number of carbonyl (C=O) groups is 2. The molecule has 0 bridgehead atoms. The molecular formula is C29H31F3N8O6S. The number of amides is 2. The van der Waals surface area contributed by atoms with Crippen molar-refractivity contribution < 1.29 is 40.7 Å². The van der Waals surface area contributed by atoms with Crippen molar-refractivity contribution in [2.75, 3.05) is 37.5 Å². The molecule has 2 unspecified atom stereocenters. The van der Waals surface area contributed by atoms with Gasteiger partial charge in [-0.2, -0.15) is 9.37 Å². The fraction of sp³-hybridized carbons (Fsp3) is 0.379. The number of methoxy groups -OCH3 is 1. The normalized spacial score (nSPS) is 20.3. The van der Waals surface area contributed by atoms with Crippen molar-refractivity contribution in [3.05, 3.63) is 70.9 Å². The lowest BCUT2D eigenvalue weighted by molar-refractivity contribution is 0.0558. The Morgan fingerprint density at radius 3 is 2.45 bits per heavy atom. The second-order valence-corrected chi connectivity index (χ2v) is 14.0. The number of nitrogens with one attached hydrogen (secondary N) is 2. The summed E-state index contributed by atoms with van der Waals surface area (Å²) >= 11 is 0. The number of rotatable bonds is 5. The van der Waals surface area contributed by atoms with Crippen LogP contribution in [-0.4, -0.2) is 83.7 Å². The number of guanidine groups is 1. The molecule has 2 aromatic heterocycles. The highest BCUT2D eigenvalue weighted by Crippen LogP contribution is 2.46. The molecular weight excluding hydrogens is 645 g/mol. The van der Waals surface area contributed by atoms with Crippen LogP contribution >= 0.6 is 0 Å². The van der Waals surface area contributed by atoms with Gasteiger partial charge < -0.3 is 19.7 Å². The molecule has 2 atom stereocenters. The summed E-state index contributed by atoms with van der Waals surface area (Å²) in [4.78, 5) is 43.7. The van der Waals surface area contributed by atoms with Crippen molar-refractivity contribution in [2.24, 2.45) is 4.99 Å². The number of ether oxygens (including phenoxy) is 2. The van der Waals surface area contributed by atoms with Crippen LogP contribution in [0.15, 0.2) is 41.5 Å². The predicted molar refractivity (Wildman–Crippen MR) is 163 cm³/mol. The zero-order valence-corrected chi connectivity index (χ0v) is 26.9. The van der Waals surface area contributed by atoms with Crippen LogP contribution in [0.5, 0.6) is 5.88 Å². The summed E-state index contributed by atoms with van der Waals surface area (Å²) in [5.41, 5.74) is -3.38. The fourth-order valence-corrected chi connectivity index (χ4v) is 7.06. The number of hydrogen-bond donors (Lipinski definition) is 2. The third-order valence-electron chi connectivity index (χ3n) is 7.41. The van der Waals surface area contributed by atoms with E-state index in [1.54, 1.807) is 20.8 Å². The summed E-state index contributed by atoms with van der Waals surface area (Å²) in [7, 11) is -2.06. The number of aryl methyl sites for hydroxylation is 1. The first-order chi connectivity index (χ1) is 21.9. The maximum absolute atomic E-state index is 15.9. The largest absolute Gasteiger partial charge is 0.479 e. The van der Waals surface area contributed by atoms with Crippen LogP contribution in [0.3, 0.4) is 0 Å². The second-order valence-electron chi connectivity index (χ2n) is 11.8. The molecule has 4 heterocycles. The Hall–Kier alpha value is -5.00. The molecule has 3 aromatic rings. The average molecular weight is 677 g/mol. The van der Waals surface area contributed by atoms with Gasteiger partial charge in [0.25, 0.3) is 11.8 Å². The maximum atomic E-state index is 15.9. The molecule has 2 aliphatic rings. The predicted octanol–water partition coefficient (Wildman–Crippen LogP) is 3.10.